The number of alkyl halides is 3. The number of anilines is 1. The molecule has 0 saturated heterocycles. The van der Waals surface area contributed by atoms with Crippen LogP contribution in [-0.4, -0.2) is 62.4 Å². The predicted octanol–water partition coefficient (Wildman–Crippen LogP) is 4.16. The number of benzene rings is 1. The van der Waals surface area contributed by atoms with Gasteiger partial charge < -0.3 is 29.8 Å². The van der Waals surface area contributed by atoms with Gasteiger partial charge in [-0.2, -0.15) is 13.2 Å². The summed E-state index contributed by atoms with van der Waals surface area (Å²) in [7, 11) is 4.15. The van der Waals surface area contributed by atoms with E-state index < -0.39 is 36.1 Å². The summed E-state index contributed by atoms with van der Waals surface area (Å²) in [5, 5.41) is 5.24. The van der Waals surface area contributed by atoms with Crippen molar-refractivity contribution in [3.05, 3.63) is 69.4 Å². The second-order valence-electron chi connectivity index (χ2n) is 8.35. The molecule has 10 nitrogen and oxygen atoms in total. The lowest BCUT2D eigenvalue weighted by Gasteiger charge is -2.22. The van der Waals surface area contributed by atoms with Crippen LogP contribution in [0.25, 0.3) is 11.1 Å². The third-order valence-corrected chi connectivity index (χ3v) is 5.92. The lowest BCUT2D eigenvalue weighted by atomic mass is 9.88. The summed E-state index contributed by atoms with van der Waals surface area (Å²) in [6.45, 7) is -1.55. The van der Waals surface area contributed by atoms with Gasteiger partial charge in [-0.15, -0.1) is 0 Å². The molecule has 0 aliphatic heterocycles. The monoisotopic (exact) mass is 582 g/mol. The first-order valence-corrected chi connectivity index (χ1v) is 12.1. The number of amides is 2. The molecule has 1 aromatic carbocycles. The van der Waals surface area contributed by atoms with Gasteiger partial charge in [0.1, 0.15) is 17.2 Å². The van der Waals surface area contributed by atoms with E-state index in [0.29, 0.717) is 0 Å². The third-order valence-electron chi connectivity index (χ3n) is 5.68. The topological polar surface area (TPSA) is 132 Å². The number of hydrogen-bond acceptors (Lipinski definition) is 7. The number of halogens is 4. The van der Waals surface area contributed by atoms with Gasteiger partial charge in [-0.05, 0) is 36.8 Å². The molecular formula is C26H26ClF3N4O6. The van der Waals surface area contributed by atoms with Crippen molar-refractivity contribution in [2.45, 2.75) is 18.5 Å². The molecule has 0 spiro atoms. The van der Waals surface area contributed by atoms with E-state index in [9.17, 15) is 27.6 Å². The standard InChI is InChI=1S/C26H26ClF3N4O6/c1-31-24(36)18-6-5-15(11-32-18)34-23(35)16(8-9-38-2)22-21(20(39-3)12-33-25(22)37)17-10-14(27)4-7-19(17)40-13-26(28,29)30/h4-7,10-12,16H,8-9,13H2,1-3H3,(H,31,36)(H,33,37)(H,34,35). The summed E-state index contributed by atoms with van der Waals surface area (Å²) >= 11 is 6.18. The Labute approximate surface area is 231 Å². The highest BCUT2D eigenvalue weighted by molar-refractivity contribution is 6.31. The number of carbonyl (C=O) groups excluding carboxylic acids is 2. The maximum absolute atomic E-state index is 13.6. The summed E-state index contributed by atoms with van der Waals surface area (Å²) in [6, 6.07) is 6.75. The highest BCUT2D eigenvalue weighted by Gasteiger charge is 2.32. The number of rotatable bonds is 11. The molecule has 2 amide bonds. The highest BCUT2D eigenvalue weighted by atomic mass is 35.5. The van der Waals surface area contributed by atoms with Crippen LogP contribution in [0.15, 0.2) is 47.5 Å². The number of carbonyl (C=O) groups is 2. The molecule has 0 aliphatic rings. The van der Waals surface area contributed by atoms with Crippen molar-refractivity contribution in [1.29, 1.82) is 0 Å². The van der Waals surface area contributed by atoms with E-state index in [1.54, 1.807) is 0 Å². The molecule has 3 rings (SSSR count). The Balaban J connectivity index is 2.14. The largest absolute Gasteiger partial charge is 0.495 e. The molecule has 2 heterocycles. The van der Waals surface area contributed by atoms with E-state index in [2.05, 4.69) is 20.6 Å². The quantitative estimate of drug-likeness (QED) is 0.309. The summed E-state index contributed by atoms with van der Waals surface area (Å²) in [5.74, 6) is -2.42. The van der Waals surface area contributed by atoms with Gasteiger partial charge in [-0.1, -0.05) is 11.6 Å². The Morgan fingerprint density at radius 3 is 2.50 bits per heavy atom. The van der Waals surface area contributed by atoms with Gasteiger partial charge in [-0.25, -0.2) is 4.98 Å². The number of H-pyrrole nitrogens is 1. The zero-order valence-corrected chi connectivity index (χ0v) is 22.4. The minimum atomic E-state index is -4.64. The molecule has 3 aromatic rings. The van der Waals surface area contributed by atoms with Crippen molar-refractivity contribution < 1.29 is 37.0 Å². The number of nitrogens with zero attached hydrogens (tertiary/aromatic N) is 1. The number of pyridine rings is 2. The Morgan fingerprint density at radius 1 is 1.15 bits per heavy atom. The second-order valence-corrected chi connectivity index (χ2v) is 8.79. The number of aromatic amines is 1. The molecule has 40 heavy (non-hydrogen) atoms. The van der Waals surface area contributed by atoms with Crippen LogP contribution in [0, 0.1) is 0 Å². The molecule has 14 heteroatoms. The van der Waals surface area contributed by atoms with E-state index in [4.69, 9.17) is 25.8 Å². The van der Waals surface area contributed by atoms with Gasteiger partial charge in [0.25, 0.3) is 11.5 Å². The number of ether oxygens (including phenoxy) is 3. The van der Waals surface area contributed by atoms with Gasteiger partial charge in [0, 0.05) is 48.7 Å². The van der Waals surface area contributed by atoms with Gasteiger partial charge in [0.05, 0.1) is 24.9 Å². The van der Waals surface area contributed by atoms with Crippen LogP contribution in [0.2, 0.25) is 5.02 Å². The van der Waals surface area contributed by atoms with Crippen LogP contribution in [0.1, 0.15) is 28.4 Å². The molecule has 0 fully saturated rings. The zero-order chi connectivity index (χ0) is 29.4. The Hall–Kier alpha value is -4.10. The number of hydrogen-bond donors (Lipinski definition) is 3. The van der Waals surface area contributed by atoms with Crippen molar-refractivity contribution in [3.63, 3.8) is 0 Å². The van der Waals surface area contributed by atoms with Gasteiger partial charge in [0.2, 0.25) is 5.91 Å². The summed E-state index contributed by atoms with van der Waals surface area (Å²) < 4.78 is 54.6. The predicted molar refractivity (Wildman–Crippen MR) is 141 cm³/mol. The van der Waals surface area contributed by atoms with Crippen LogP contribution in [0.4, 0.5) is 18.9 Å². The van der Waals surface area contributed by atoms with E-state index in [0.717, 1.165) is 0 Å². The minimum Gasteiger partial charge on any atom is -0.495 e. The minimum absolute atomic E-state index is 0.00857. The Bertz CT molecular complexity index is 1410. The van der Waals surface area contributed by atoms with Gasteiger partial charge >= 0.3 is 6.18 Å². The summed E-state index contributed by atoms with van der Waals surface area (Å²) in [6.07, 6.45) is -2.14. The summed E-state index contributed by atoms with van der Waals surface area (Å²) in [4.78, 5) is 45.1. The summed E-state index contributed by atoms with van der Waals surface area (Å²) in [5.41, 5.74) is -0.408. The fourth-order valence-electron chi connectivity index (χ4n) is 3.88. The first-order valence-electron chi connectivity index (χ1n) is 11.8. The fourth-order valence-corrected chi connectivity index (χ4v) is 4.06. The van der Waals surface area contributed by atoms with Crippen molar-refractivity contribution in [3.8, 4) is 22.6 Å². The molecular weight excluding hydrogens is 557 g/mol. The van der Waals surface area contributed by atoms with E-state index in [-0.39, 0.29) is 57.6 Å². The molecule has 0 radical (unpaired) electrons. The normalized spacial score (nSPS) is 12.0. The van der Waals surface area contributed by atoms with Crippen molar-refractivity contribution >= 4 is 29.1 Å². The zero-order valence-electron chi connectivity index (χ0n) is 21.6. The van der Waals surface area contributed by atoms with E-state index >= 15 is 0 Å². The van der Waals surface area contributed by atoms with E-state index in [1.807, 2.05) is 0 Å². The van der Waals surface area contributed by atoms with Crippen molar-refractivity contribution in [1.82, 2.24) is 15.3 Å². The van der Waals surface area contributed by atoms with Crippen LogP contribution in [-0.2, 0) is 9.53 Å². The van der Waals surface area contributed by atoms with Crippen LogP contribution >= 0.6 is 11.6 Å². The van der Waals surface area contributed by atoms with Gasteiger partial charge in [-0.3, -0.25) is 14.4 Å². The maximum Gasteiger partial charge on any atom is 0.422 e. The van der Waals surface area contributed by atoms with Crippen LogP contribution < -0.4 is 25.7 Å². The number of aromatic nitrogens is 2. The molecule has 0 saturated carbocycles. The van der Waals surface area contributed by atoms with Gasteiger partial charge in [0.15, 0.2) is 6.61 Å². The first-order chi connectivity index (χ1) is 19.0. The number of methoxy groups -OCH3 is 2. The molecule has 1 atom stereocenters. The number of nitrogens with one attached hydrogen (secondary N) is 3. The molecule has 0 bridgehead atoms. The average Bonchev–Trinajstić information content (AvgIpc) is 2.92. The Kier molecular flexibility index (Phi) is 10.1. The Morgan fingerprint density at radius 2 is 1.90 bits per heavy atom. The lowest BCUT2D eigenvalue weighted by molar-refractivity contribution is -0.153. The first kappa shape index (κ1) is 30.4. The molecule has 0 aliphatic carbocycles. The van der Waals surface area contributed by atoms with Crippen LogP contribution in [0.3, 0.4) is 0 Å². The van der Waals surface area contributed by atoms with E-state index in [1.165, 1.54) is 64.0 Å². The third kappa shape index (κ3) is 7.51. The van der Waals surface area contributed by atoms with Crippen LogP contribution in [0.5, 0.6) is 11.5 Å². The fraction of sp³-hybridized carbons (Fsp3) is 0.308. The smallest absolute Gasteiger partial charge is 0.422 e. The molecule has 3 N–H and O–H groups in total. The molecule has 214 valence electrons. The second kappa shape index (κ2) is 13.3. The lowest BCUT2D eigenvalue weighted by Crippen LogP contribution is -2.29. The average molecular weight is 583 g/mol. The van der Waals surface area contributed by atoms with Crippen molar-refractivity contribution in [2.75, 3.05) is 39.8 Å². The highest BCUT2D eigenvalue weighted by Crippen LogP contribution is 2.42. The molecule has 1 unspecified atom stereocenters. The molecule has 2 aromatic heterocycles. The van der Waals surface area contributed by atoms with Crippen molar-refractivity contribution in [2.24, 2.45) is 0 Å². The maximum atomic E-state index is 13.6. The SMILES string of the molecule is CNC(=O)c1ccc(NC(=O)C(CCOC)c2c(-c3cc(Cl)ccc3OCC(F)(F)F)c(OC)c[nH]c2=O)cn1.